The van der Waals surface area contributed by atoms with Gasteiger partial charge in [0.2, 0.25) is 0 Å². The summed E-state index contributed by atoms with van der Waals surface area (Å²) < 4.78 is 40.2. The van der Waals surface area contributed by atoms with Gasteiger partial charge in [0.05, 0.1) is 18.5 Å². The molecule has 0 aromatic carbocycles. The summed E-state index contributed by atoms with van der Waals surface area (Å²) in [5.41, 5.74) is 5.16. The van der Waals surface area contributed by atoms with Crippen LogP contribution < -0.4 is 5.73 Å². The third-order valence-electron chi connectivity index (χ3n) is 1.61. The number of nitrogens with zero attached hydrogens (tertiary/aromatic N) is 1. The highest BCUT2D eigenvalue weighted by Gasteiger charge is 2.32. The zero-order chi connectivity index (χ0) is 11.6. The predicted molar refractivity (Wildman–Crippen MR) is 43.0 cm³/mol. The summed E-state index contributed by atoms with van der Waals surface area (Å²) in [5, 5.41) is 10.2. The van der Waals surface area contributed by atoms with E-state index >= 15 is 0 Å². The van der Waals surface area contributed by atoms with Crippen molar-refractivity contribution in [3.63, 3.8) is 0 Å². The van der Waals surface area contributed by atoms with E-state index in [1.807, 2.05) is 0 Å². The Hall–Kier alpha value is -1.57. The molecule has 0 spiro atoms. The molecule has 5 nitrogen and oxygen atoms in total. The average molecular weight is 224 g/mol. The van der Waals surface area contributed by atoms with Crippen molar-refractivity contribution in [2.45, 2.75) is 18.6 Å². The Kier molecular flexibility index (Phi) is 2.98. The van der Waals surface area contributed by atoms with E-state index in [2.05, 4.69) is 4.42 Å². The number of furan rings is 1. The van der Waals surface area contributed by atoms with Crippen molar-refractivity contribution in [3.8, 4) is 0 Å². The van der Waals surface area contributed by atoms with Crippen LogP contribution in [0.2, 0.25) is 0 Å². The molecule has 0 amide bonds. The summed E-state index contributed by atoms with van der Waals surface area (Å²) in [6.07, 6.45) is -5.71. The molecule has 0 aliphatic heterocycles. The van der Waals surface area contributed by atoms with E-state index < -0.39 is 29.4 Å². The lowest BCUT2D eigenvalue weighted by Gasteiger charge is -2.10. The topological polar surface area (TPSA) is 82.3 Å². The van der Waals surface area contributed by atoms with Crippen LogP contribution in [0.1, 0.15) is 18.2 Å². The summed E-state index contributed by atoms with van der Waals surface area (Å²) in [6.45, 7) is 0. The van der Waals surface area contributed by atoms with E-state index in [0.717, 1.165) is 12.1 Å². The molecule has 0 bridgehead atoms. The lowest BCUT2D eigenvalue weighted by molar-refractivity contribution is -0.402. The van der Waals surface area contributed by atoms with Crippen LogP contribution >= 0.6 is 0 Å². The molecule has 1 heterocycles. The van der Waals surface area contributed by atoms with Gasteiger partial charge in [-0.2, -0.15) is 13.2 Å². The standard InChI is InChI=1S/C7H7F3N2O3/c8-7(9,10)3-4(11)5-1-2-6(15-5)12(13)14/h1-2,4H,3,11H2/t4-/m1/s1. The number of alkyl halides is 3. The van der Waals surface area contributed by atoms with Crippen LogP contribution in [0.4, 0.5) is 19.1 Å². The van der Waals surface area contributed by atoms with Gasteiger partial charge < -0.3 is 10.2 Å². The quantitative estimate of drug-likeness (QED) is 0.629. The molecule has 0 aliphatic rings. The molecule has 1 aromatic heterocycles. The maximum absolute atomic E-state index is 11.9. The molecule has 1 aromatic rings. The van der Waals surface area contributed by atoms with Crippen molar-refractivity contribution in [1.82, 2.24) is 0 Å². The third-order valence-corrected chi connectivity index (χ3v) is 1.61. The monoisotopic (exact) mass is 224 g/mol. The molecule has 8 heteroatoms. The second-order valence-corrected chi connectivity index (χ2v) is 2.86. The maximum atomic E-state index is 11.9. The highest BCUT2D eigenvalue weighted by Crippen LogP contribution is 2.29. The van der Waals surface area contributed by atoms with Gasteiger partial charge in [0.25, 0.3) is 0 Å². The number of nitrogens with two attached hydrogens (primary N) is 1. The van der Waals surface area contributed by atoms with Crippen LogP contribution in [-0.4, -0.2) is 11.1 Å². The first-order chi connectivity index (χ1) is 6.79. The zero-order valence-electron chi connectivity index (χ0n) is 7.32. The molecular weight excluding hydrogens is 217 g/mol. The van der Waals surface area contributed by atoms with Gasteiger partial charge in [0.15, 0.2) is 0 Å². The summed E-state index contributed by atoms with van der Waals surface area (Å²) in [6, 6.07) is 0.610. The van der Waals surface area contributed by atoms with E-state index in [9.17, 15) is 23.3 Å². The zero-order valence-corrected chi connectivity index (χ0v) is 7.32. The Morgan fingerprint density at radius 3 is 2.53 bits per heavy atom. The first-order valence-corrected chi connectivity index (χ1v) is 3.86. The summed E-state index contributed by atoms with van der Waals surface area (Å²) in [5.74, 6) is -0.873. The number of rotatable bonds is 3. The number of hydrogen-bond donors (Lipinski definition) is 1. The molecule has 0 radical (unpaired) electrons. The van der Waals surface area contributed by atoms with Crippen LogP contribution in [0.25, 0.3) is 0 Å². The molecule has 0 aliphatic carbocycles. The average Bonchev–Trinajstić information content (AvgIpc) is 2.47. The molecule has 0 fully saturated rings. The number of nitro groups is 1. The Morgan fingerprint density at radius 1 is 1.53 bits per heavy atom. The smallest absolute Gasteiger partial charge is 0.404 e. The minimum atomic E-state index is -4.43. The Morgan fingerprint density at radius 2 is 2.13 bits per heavy atom. The SMILES string of the molecule is N[C@H](CC(F)(F)F)c1ccc([N+](=O)[O-])o1. The third kappa shape index (κ3) is 3.24. The van der Waals surface area contributed by atoms with Gasteiger partial charge in [0, 0.05) is 0 Å². The Bertz CT molecular complexity index is 361. The second kappa shape index (κ2) is 3.89. The van der Waals surface area contributed by atoms with Crippen LogP contribution in [0.15, 0.2) is 16.5 Å². The maximum Gasteiger partial charge on any atom is 0.433 e. The lowest BCUT2D eigenvalue weighted by atomic mass is 10.2. The highest BCUT2D eigenvalue weighted by molar-refractivity contribution is 5.19. The molecule has 2 N–H and O–H groups in total. The van der Waals surface area contributed by atoms with Crippen molar-refractivity contribution in [3.05, 3.63) is 28.0 Å². The van der Waals surface area contributed by atoms with Gasteiger partial charge in [-0.05, 0) is 6.07 Å². The number of hydrogen-bond acceptors (Lipinski definition) is 4. The van der Waals surface area contributed by atoms with Crippen LogP contribution in [0.5, 0.6) is 0 Å². The van der Waals surface area contributed by atoms with E-state index in [-0.39, 0.29) is 5.76 Å². The predicted octanol–water partition coefficient (Wildman–Crippen LogP) is 2.14. The van der Waals surface area contributed by atoms with Crippen LogP contribution in [0, 0.1) is 10.1 Å². The summed E-state index contributed by atoms with van der Waals surface area (Å²) >= 11 is 0. The highest BCUT2D eigenvalue weighted by atomic mass is 19.4. The minimum Gasteiger partial charge on any atom is -0.404 e. The van der Waals surface area contributed by atoms with Gasteiger partial charge in [-0.1, -0.05) is 0 Å². The van der Waals surface area contributed by atoms with Crippen molar-refractivity contribution < 1.29 is 22.5 Å². The van der Waals surface area contributed by atoms with Crippen LogP contribution in [0.3, 0.4) is 0 Å². The van der Waals surface area contributed by atoms with Gasteiger partial charge in [-0.15, -0.1) is 0 Å². The van der Waals surface area contributed by atoms with E-state index in [4.69, 9.17) is 5.73 Å². The molecule has 1 atom stereocenters. The normalized spacial score (nSPS) is 13.9. The van der Waals surface area contributed by atoms with Crippen molar-refractivity contribution in [2.24, 2.45) is 5.73 Å². The van der Waals surface area contributed by atoms with Gasteiger partial charge in [-0.25, -0.2) is 0 Å². The molecule has 15 heavy (non-hydrogen) atoms. The first-order valence-electron chi connectivity index (χ1n) is 3.86. The fraction of sp³-hybridized carbons (Fsp3) is 0.429. The van der Waals surface area contributed by atoms with Gasteiger partial charge in [0.1, 0.15) is 10.7 Å². The Labute approximate surface area is 81.8 Å². The molecule has 0 unspecified atom stereocenters. The fourth-order valence-corrected chi connectivity index (χ4v) is 0.990. The van der Waals surface area contributed by atoms with Crippen molar-refractivity contribution >= 4 is 5.88 Å². The van der Waals surface area contributed by atoms with Crippen molar-refractivity contribution in [2.75, 3.05) is 0 Å². The van der Waals surface area contributed by atoms with Crippen molar-refractivity contribution in [1.29, 1.82) is 0 Å². The van der Waals surface area contributed by atoms with Gasteiger partial charge in [-0.3, -0.25) is 10.1 Å². The first kappa shape index (κ1) is 11.5. The summed E-state index contributed by atoms with van der Waals surface area (Å²) in [7, 11) is 0. The molecular formula is C7H7F3N2O3. The Balaban J connectivity index is 2.74. The van der Waals surface area contributed by atoms with Gasteiger partial charge >= 0.3 is 12.1 Å². The van der Waals surface area contributed by atoms with E-state index in [1.165, 1.54) is 0 Å². The van der Waals surface area contributed by atoms with Crippen LogP contribution in [-0.2, 0) is 0 Å². The fourth-order valence-electron chi connectivity index (χ4n) is 0.990. The second-order valence-electron chi connectivity index (χ2n) is 2.86. The molecule has 1 rings (SSSR count). The molecule has 0 saturated heterocycles. The largest absolute Gasteiger partial charge is 0.433 e. The lowest BCUT2D eigenvalue weighted by Crippen LogP contribution is -2.19. The summed E-state index contributed by atoms with van der Waals surface area (Å²) in [4.78, 5) is 9.33. The van der Waals surface area contributed by atoms with E-state index in [0.29, 0.717) is 0 Å². The number of halogens is 3. The minimum absolute atomic E-state index is 0.251. The van der Waals surface area contributed by atoms with E-state index in [1.54, 1.807) is 0 Å². The molecule has 84 valence electrons. The molecule has 0 saturated carbocycles.